The second-order valence-electron chi connectivity index (χ2n) is 5.51. The molecule has 3 rings (SSSR count). The highest BCUT2D eigenvalue weighted by molar-refractivity contribution is 8.06. The lowest BCUT2D eigenvalue weighted by molar-refractivity contribution is 0.606. The quantitative estimate of drug-likeness (QED) is 0.239. The van der Waals surface area contributed by atoms with Crippen LogP contribution in [0.3, 0.4) is 0 Å². The smallest absolute Gasteiger partial charge is 0.276 e. The molecule has 1 N–H and O–H groups in total. The number of azo groups is 1. The number of benzene rings is 3. The Morgan fingerprint density at radius 2 is 1.36 bits per heavy atom. The average molecular weight is 433 g/mol. The standard InChI is InChI=1S/C19H14Cl2N4O2S/c20-14-6-10-16(11-7-14)22-24-19(25-23-17-12-8-15(21)9-13-17)28(26,27)18-4-2-1-3-5-18/h1-13,22H/b24-19-,25-23?. The molecular formula is C19H14Cl2N4O2S. The maximum Gasteiger partial charge on any atom is 0.289 e. The number of nitrogens with one attached hydrogen (secondary N) is 1. The van der Waals surface area contributed by atoms with Crippen molar-refractivity contribution < 1.29 is 8.42 Å². The molecule has 3 aromatic carbocycles. The van der Waals surface area contributed by atoms with Crippen LogP contribution >= 0.6 is 23.2 Å². The topological polar surface area (TPSA) is 83.2 Å². The first kappa shape index (κ1) is 20.0. The van der Waals surface area contributed by atoms with Gasteiger partial charge in [0.15, 0.2) is 0 Å². The number of hydrogen-bond donors (Lipinski definition) is 1. The first-order chi connectivity index (χ1) is 13.4. The predicted molar refractivity (Wildman–Crippen MR) is 112 cm³/mol. The van der Waals surface area contributed by atoms with Gasteiger partial charge in [-0.25, -0.2) is 8.42 Å². The molecule has 0 aliphatic carbocycles. The second-order valence-corrected chi connectivity index (χ2v) is 8.22. The van der Waals surface area contributed by atoms with E-state index in [0.717, 1.165) is 0 Å². The Labute approximate surface area is 172 Å². The van der Waals surface area contributed by atoms with E-state index in [4.69, 9.17) is 23.2 Å². The van der Waals surface area contributed by atoms with Crippen LogP contribution in [0, 0.1) is 0 Å². The van der Waals surface area contributed by atoms with E-state index in [0.29, 0.717) is 21.4 Å². The fourth-order valence-electron chi connectivity index (χ4n) is 2.09. The summed E-state index contributed by atoms with van der Waals surface area (Å²) in [4.78, 5) is 0.0571. The van der Waals surface area contributed by atoms with Crippen molar-refractivity contribution >= 4 is 49.6 Å². The van der Waals surface area contributed by atoms with E-state index in [1.807, 2.05) is 0 Å². The summed E-state index contributed by atoms with van der Waals surface area (Å²) in [7, 11) is -3.98. The zero-order chi connectivity index (χ0) is 20.0. The zero-order valence-electron chi connectivity index (χ0n) is 14.3. The number of rotatable bonds is 4. The summed E-state index contributed by atoms with van der Waals surface area (Å²) < 4.78 is 25.8. The van der Waals surface area contributed by atoms with Crippen LogP contribution in [0.5, 0.6) is 0 Å². The highest BCUT2D eigenvalue weighted by atomic mass is 35.5. The average Bonchev–Trinajstić information content (AvgIpc) is 2.71. The number of anilines is 1. The van der Waals surface area contributed by atoms with Gasteiger partial charge < -0.3 is 0 Å². The normalized spacial score (nSPS) is 12.3. The molecule has 6 nitrogen and oxygen atoms in total. The molecule has 0 fully saturated rings. The number of amidine groups is 1. The molecule has 142 valence electrons. The maximum absolute atomic E-state index is 12.9. The molecule has 0 saturated heterocycles. The highest BCUT2D eigenvalue weighted by Crippen LogP contribution is 2.19. The number of nitrogens with zero attached hydrogens (tertiary/aromatic N) is 3. The van der Waals surface area contributed by atoms with Gasteiger partial charge in [-0.1, -0.05) is 41.4 Å². The third-order valence-electron chi connectivity index (χ3n) is 3.50. The maximum atomic E-state index is 12.9. The SMILES string of the molecule is O=S(=O)(/C(N=Nc1ccc(Cl)cc1)=N\Nc1ccc(Cl)cc1)c1ccccc1. The van der Waals surface area contributed by atoms with Crippen LogP contribution < -0.4 is 5.43 Å². The van der Waals surface area contributed by atoms with Crippen LogP contribution in [0.15, 0.2) is 99.1 Å². The van der Waals surface area contributed by atoms with E-state index in [1.54, 1.807) is 66.7 Å². The van der Waals surface area contributed by atoms with E-state index >= 15 is 0 Å². The molecule has 0 aromatic heterocycles. The van der Waals surface area contributed by atoms with Gasteiger partial charge in [-0.05, 0) is 60.7 Å². The van der Waals surface area contributed by atoms with Crippen molar-refractivity contribution in [1.29, 1.82) is 0 Å². The summed E-state index contributed by atoms with van der Waals surface area (Å²) in [5.41, 5.74) is 3.65. The molecule has 0 amide bonds. The van der Waals surface area contributed by atoms with Crippen molar-refractivity contribution in [2.75, 3.05) is 5.43 Å². The van der Waals surface area contributed by atoms with Crippen LogP contribution in [0.25, 0.3) is 0 Å². The van der Waals surface area contributed by atoms with E-state index in [1.165, 1.54) is 12.1 Å². The van der Waals surface area contributed by atoms with E-state index < -0.39 is 15.0 Å². The molecule has 0 saturated carbocycles. The van der Waals surface area contributed by atoms with Crippen LogP contribution in [0.4, 0.5) is 11.4 Å². The highest BCUT2D eigenvalue weighted by Gasteiger charge is 2.23. The lowest BCUT2D eigenvalue weighted by atomic mass is 10.3. The van der Waals surface area contributed by atoms with Gasteiger partial charge in [-0.2, -0.15) is 0 Å². The second kappa shape index (κ2) is 8.97. The largest absolute Gasteiger partial charge is 0.289 e. The summed E-state index contributed by atoms with van der Waals surface area (Å²) in [6.07, 6.45) is 0. The third-order valence-corrected chi connectivity index (χ3v) is 5.55. The number of hydrazone groups is 1. The third kappa shape index (κ3) is 5.16. The van der Waals surface area contributed by atoms with Crippen LogP contribution in [-0.2, 0) is 9.84 Å². The monoisotopic (exact) mass is 432 g/mol. The van der Waals surface area contributed by atoms with Gasteiger partial charge in [0, 0.05) is 10.0 Å². The molecule has 0 spiro atoms. The van der Waals surface area contributed by atoms with Crippen molar-refractivity contribution in [3.05, 3.63) is 88.9 Å². The first-order valence-corrected chi connectivity index (χ1v) is 10.3. The van der Waals surface area contributed by atoms with Crippen molar-refractivity contribution in [1.82, 2.24) is 0 Å². The summed E-state index contributed by atoms with van der Waals surface area (Å²) in [5.74, 6) is 0. The summed E-state index contributed by atoms with van der Waals surface area (Å²) >= 11 is 11.7. The van der Waals surface area contributed by atoms with E-state index in [2.05, 4.69) is 20.8 Å². The summed E-state index contributed by atoms with van der Waals surface area (Å²) in [6, 6.07) is 21.0. The lowest BCUT2D eigenvalue weighted by Gasteiger charge is -2.05. The molecule has 0 radical (unpaired) electrons. The molecule has 9 heteroatoms. The summed E-state index contributed by atoms with van der Waals surface area (Å²) in [5, 5.41) is 12.4. The fraction of sp³-hybridized carbons (Fsp3) is 0. The van der Waals surface area contributed by atoms with Crippen LogP contribution in [0.2, 0.25) is 10.0 Å². The van der Waals surface area contributed by atoms with Gasteiger partial charge in [-0.15, -0.1) is 15.3 Å². The van der Waals surface area contributed by atoms with Gasteiger partial charge in [0.2, 0.25) is 9.84 Å². The summed E-state index contributed by atoms with van der Waals surface area (Å²) in [6.45, 7) is 0. The Morgan fingerprint density at radius 3 is 1.96 bits per heavy atom. The van der Waals surface area contributed by atoms with Crippen molar-refractivity contribution in [3.63, 3.8) is 0 Å². The van der Waals surface area contributed by atoms with E-state index in [9.17, 15) is 8.42 Å². The minimum atomic E-state index is -3.98. The molecule has 3 aromatic rings. The van der Waals surface area contributed by atoms with Gasteiger partial charge in [0.1, 0.15) is 0 Å². The Bertz CT molecular complexity index is 1100. The zero-order valence-corrected chi connectivity index (χ0v) is 16.7. The van der Waals surface area contributed by atoms with Gasteiger partial charge in [0.05, 0.1) is 16.3 Å². The molecule has 0 bridgehead atoms. The Hall–Kier alpha value is -2.74. The molecule has 0 atom stereocenters. The minimum Gasteiger partial charge on any atom is -0.276 e. The van der Waals surface area contributed by atoms with E-state index in [-0.39, 0.29) is 4.90 Å². The molecule has 0 heterocycles. The van der Waals surface area contributed by atoms with Gasteiger partial charge in [0.25, 0.3) is 5.17 Å². The number of halogens is 2. The fourth-order valence-corrected chi connectivity index (χ4v) is 3.38. The van der Waals surface area contributed by atoms with Crippen molar-refractivity contribution in [3.8, 4) is 0 Å². The molecule has 0 aliphatic rings. The van der Waals surface area contributed by atoms with Gasteiger partial charge >= 0.3 is 0 Å². The predicted octanol–water partition coefficient (Wildman–Crippen LogP) is 5.93. The Morgan fingerprint density at radius 1 is 0.786 bits per heavy atom. The Balaban J connectivity index is 1.96. The molecule has 0 aliphatic heterocycles. The molecular weight excluding hydrogens is 419 g/mol. The number of sulfone groups is 1. The minimum absolute atomic E-state index is 0.0571. The van der Waals surface area contributed by atoms with Crippen molar-refractivity contribution in [2.24, 2.45) is 15.3 Å². The van der Waals surface area contributed by atoms with Gasteiger partial charge in [-0.3, -0.25) is 5.43 Å². The van der Waals surface area contributed by atoms with Crippen molar-refractivity contribution in [2.45, 2.75) is 4.90 Å². The number of hydrogen-bond acceptors (Lipinski definition) is 5. The van der Waals surface area contributed by atoms with Crippen LogP contribution in [0.1, 0.15) is 0 Å². The van der Waals surface area contributed by atoms with Crippen LogP contribution in [-0.4, -0.2) is 13.6 Å². The lowest BCUT2D eigenvalue weighted by Crippen LogP contribution is -2.14. The molecule has 28 heavy (non-hydrogen) atoms. The molecule has 0 unspecified atom stereocenters. The Kier molecular flexibility index (Phi) is 6.41. The first-order valence-electron chi connectivity index (χ1n) is 8.02.